The number of hydrogen-bond donors (Lipinski definition) is 2. The highest BCUT2D eigenvalue weighted by Crippen LogP contribution is 2.32. The van der Waals surface area contributed by atoms with Crippen molar-refractivity contribution in [2.75, 3.05) is 5.32 Å². The van der Waals surface area contributed by atoms with E-state index in [1.165, 1.54) is 18.9 Å². The van der Waals surface area contributed by atoms with E-state index in [9.17, 15) is 9.59 Å². The molecule has 26 heavy (non-hydrogen) atoms. The molecule has 1 heterocycles. The maximum absolute atomic E-state index is 12.6. The summed E-state index contributed by atoms with van der Waals surface area (Å²) in [4.78, 5) is 24.4. The average molecular weight is 408 g/mol. The molecule has 3 aromatic rings. The van der Waals surface area contributed by atoms with Gasteiger partial charge in [-0.05, 0) is 54.4 Å². The van der Waals surface area contributed by atoms with Gasteiger partial charge in [-0.2, -0.15) is 0 Å². The number of hydrogen-bond acceptors (Lipinski definition) is 3. The van der Waals surface area contributed by atoms with Crippen LogP contribution in [-0.2, 0) is 11.8 Å². The van der Waals surface area contributed by atoms with Gasteiger partial charge in [0.15, 0.2) is 0 Å². The van der Waals surface area contributed by atoms with Crippen LogP contribution in [-0.4, -0.2) is 16.4 Å². The second kappa shape index (κ2) is 7.61. The van der Waals surface area contributed by atoms with E-state index < -0.39 is 0 Å². The highest BCUT2D eigenvalue weighted by atomic mass is 35.5. The Morgan fingerprint density at radius 1 is 1.08 bits per heavy atom. The fraction of sp³-hybridized carbons (Fsp3) is 0.111. The van der Waals surface area contributed by atoms with E-state index in [0.717, 1.165) is 15.8 Å². The number of anilines is 1. The van der Waals surface area contributed by atoms with Crippen LogP contribution in [0.1, 0.15) is 17.4 Å². The van der Waals surface area contributed by atoms with Gasteiger partial charge in [-0.25, -0.2) is 0 Å². The molecule has 0 saturated heterocycles. The summed E-state index contributed by atoms with van der Waals surface area (Å²) >= 11 is 13.5. The topological polar surface area (TPSA) is 63.1 Å². The van der Waals surface area contributed by atoms with Gasteiger partial charge >= 0.3 is 0 Å². The van der Waals surface area contributed by atoms with Crippen LogP contribution in [0.5, 0.6) is 0 Å². The third-order valence-electron chi connectivity index (χ3n) is 3.77. The van der Waals surface area contributed by atoms with Crippen molar-refractivity contribution in [2.45, 2.75) is 11.8 Å². The molecule has 0 bridgehead atoms. The number of fused-ring (bicyclic) bond motifs is 1. The summed E-state index contributed by atoms with van der Waals surface area (Å²) in [6.07, 6.45) is 0. The van der Waals surface area contributed by atoms with Crippen molar-refractivity contribution in [3.63, 3.8) is 0 Å². The SMILES string of the molecule is CC(=O)NSc1ccc(NC(=O)c2cc3c(Cl)c(Cl)ccc3n2C)cc1. The zero-order valence-corrected chi connectivity index (χ0v) is 16.3. The predicted octanol–water partition coefficient (Wildman–Crippen LogP) is 4.88. The monoisotopic (exact) mass is 407 g/mol. The van der Waals surface area contributed by atoms with Crippen LogP contribution in [0.25, 0.3) is 10.9 Å². The first-order valence-electron chi connectivity index (χ1n) is 7.65. The summed E-state index contributed by atoms with van der Waals surface area (Å²) in [6, 6.07) is 12.4. The lowest BCUT2D eigenvalue weighted by Crippen LogP contribution is -2.15. The Balaban J connectivity index is 1.80. The van der Waals surface area contributed by atoms with Crippen molar-refractivity contribution >= 4 is 63.6 Å². The first-order valence-corrected chi connectivity index (χ1v) is 9.22. The van der Waals surface area contributed by atoms with Crippen LogP contribution in [0.3, 0.4) is 0 Å². The Morgan fingerprint density at radius 3 is 2.42 bits per heavy atom. The first kappa shape index (κ1) is 18.6. The molecule has 1 aromatic heterocycles. The fourth-order valence-corrected chi connectivity index (χ4v) is 3.41. The molecule has 0 radical (unpaired) electrons. The summed E-state index contributed by atoms with van der Waals surface area (Å²) in [5.41, 5.74) is 1.95. The molecule has 0 spiro atoms. The number of nitrogens with one attached hydrogen (secondary N) is 2. The zero-order valence-electron chi connectivity index (χ0n) is 14.0. The van der Waals surface area contributed by atoms with E-state index in [1.807, 2.05) is 18.2 Å². The van der Waals surface area contributed by atoms with Gasteiger partial charge in [-0.15, -0.1) is 0 Å². The number of aryl methyl sites for hydroxylation is 1. The third kappa shape index (κ3) is 3.82. The number of carbonyl (C=O) groups excluding carboxylic acids is 2. The summed E-state index contributed by atoms with van der Waals surface area (Å²) in [5.74, 6) is -0.375. The summed E-state index contributed by atoms with van der Waals surface area (Å²) in [5, 5.41) is 4.46. The largest absolute Gasteiger partial charge is 0.340 e. The molecule has 2 aromatic carbocycles. The number of rotatable bonds is 4. The van der Waals surface area contributed by atoms with Crippen LogP contribution in [0.4, 0.5) is 5.69 Å². The Morgan fingerprint density at radius 2 is 1.77 bits per heavy atom. The Kier molecular flexibility index (Phi) is 5.46. The van der Waals surface area contributed by atoms with E-state index in [0.29, 0.717) is 21.4 Å². The molecule has 134 valence electrons. The van der Waals surface area contributed by atoms with Crippen LogP contribution >= 0.6 is 35.1 Å². The summed E-state index contributed by atoms with van der Waals surface area (Å²) in [6.45, 7) is 1.45. The number of nitrogens with zero attached hydrogens (tertiary/aromatic N) is 1. The quantitative estimate of drug-likeness (QED) is 0.605. The number of carbonyl (C=O) groups is 2. The molecule has 0 aliphatic rings. The normalized spacial score (nSPS) is 10.8. The minimum Gasteiger partial charge on any atom is -0.340 e. The van der Waals surface area contributed by atoms with Crippen molar-refractivity contribution in [1.82, 2.24) is 9.29 Å². The summed E-state index contributed by atoms with van der Waals surface area (Å²) < 4.78 is 4.42. The number of halogens is 2. The fourth-order valence-electron chi connectivity index (χ4n) is 2.50. The zero-order chi connectivity index (χ0) is 18.8. The molecule has 0 aliphatic carbocycles. The molecule has 8 heteroatoms. The molecule has 2 N–H and O–H groups in total. The van der Waals surface area contributed by atoms with Crippen molar-refractivity contribution in [3.8, 4) is 0 Å². The Hall–Kier alpha value is -2.15. The van der Waals surface area contributed by atoms with Gasteiger partial charge in [0.1, 0.15) is 5.69 Å². The Bertz CT molecular complexity index is 1000. The van der Waals surface area contributed by atoms with Crippen LogP contribution in [0.2, 0.25) is 10.0 Å². The van der Waals surface area contributed by atoms with Crippen LogP contribution in [0.15, 0.2) is 47.4 Å². The van der Waals surface area contributed by atoms with Crippen molar-refractivity contribution in [3.05, 3.63) is 58.2 Å². The minimum atomic E-state index is -0.252. The van der Waals surface area contributed by atoms with E-state index >= 15 is 0 Å². The lowest BCUT2D eigenvalue weighted by Gasteiger charge is -2.08. The molecule has 3 rings (SSSR count). The summed E-state index contributed by atoms with van der Waals surface area (Å²) in [7, 11) is 1.80. The maximum Gasteiger partial charge on any atom is 0.272 e. The number of amides is 2. The third-order valence-corrected chi connectivity index (χ3v) is 5.49. The number of benzene rings is 2. The van der Waals surface area contributed by atoms with Crippen molar-refractivity contribution < 1.29 is 9.59 Å². The minimum absolute atomic E-state index is 0.123. The highest BCUT2D eigenvalue weighted by molar-refractivity contribution is 7.98. The lowest BCUT2D eigenvalue weighted by molar-refractivity contribution is -0.117. The molecule has 0 fully saturated rings. The van der Waals surface area contributed by atoms with Gasteiger partial charge in [-0.1, -0.05) is 23.2 Å². The van der Waals surface area contributed by atoms with Crippen LogP contribution < -0.4 is 10.0 Å². The van der Waals surface area contributed by atoms with E-state index in [2.05, 4.69) is 10.0 Å². The van der Waals surface area contributed by atoms with Crippen molar-refractivity contribution in [2.24, 2.45) is 7.05 Å². The predicted molar refractivity (Wildman–Crippen MR) is 107 cm³/mol. The van der Waals surface area contributed by atoms with Crippen molar-refractivity contribution in [1.29, 1.82) is 0 Å². The highest BCUT2D eigenvalue weighted by Gasteiger charge is 2.16. The van der Waals surface area contributed by atoms with Crippen LogP contribution in [0, 0.1) is 0 Å². The first-order chi connectivity index (χ1) is 12.4. The van der Waals surface area contributed by atoms with Gasteiger partial charge in [0.05, 0.1) is 10.0 Å². The molecule has 0 aliphatic heterocycles. The van der Waals surface area contributed by atoms with E-state index in [-0.39, 0.29) is 11.8 Å². The van der Waals surface area contributed by atoms with Gasteiger partial charge in [-0.3, -0.25) is 14.3 Å². The molecular weight excluding hydrogens is 393 g/mol. The molecule has 2 amide bonds. The van der Waals surface area contributed by atoms with Gasteiger partial charge in [0.2, 0.25) is 5.91 Å². The smallest absolute Gasteiger partial charge is 0.272 e. The van der Waals surface area contributed by atoms with Gasteiger partial charge in [0, 0.05) is 35.5 Å². The molecular formula is C18H15Cl2N3O2S. The second-order valence-corrected chi connectivity index (χ2v) is 7.29. The molecule has 0 saturated carbocycles. The van der Waals surface area contributed by atoms with Gasteiger partial charge in [0.25, 0.3) is 5.91 Å². The maximum atomic E-state index is 12.6. The average Bonchev–Trinajstić information content (AvgIpc) is 2.95. The van der Waals surface area contributed by atoms with Gasteiger partial charge < -0.3 is 9.88 Å². The molecule has 0 unspecified atom stereocenters. The van der Waals surface area contributed by atoms with E-state index in [1.54, 1.807) is 35.9 Å². The lowest BCUT2D eigenvalue weighted by atomic mass is 10.2. The standard InChI is InChI=1S/C18H15Cl2N3O2S/c1-10(24)22-26-12-5-3-11(4-6-12)21-18(25)16-9-13-15(23(16)2)8-7-14(19)17(13)20/h3-9H,1-2H3,(H,21,25)(H,22,24). The Labute approximate surface area is 164 Å². The molecule has 0 atom stereocenters. The second-order valence-electron chi connectivity index (χ2n) is 5.62. The molecule has 5 nitrogen and oxygen atoms in total. The van der Waals surface area contributed by atoms with E-state index in [4.69, 9.17) is 23.2 Å². The number of aromatic nitrogens is 1.